The van der Waals surface area contributed by atoms with Crippen LogP contribution >= 0.6 is 12.2 Å². The highest BCUT2D eigenvalue weighted by Gasteiger charge is 2.31. The molecule has 2 aliphatic rings. The molecular formula is C8H13N3S. The largest absolute Gasteiger partial charge is 0.319 e. The van der Waals surface area contributed by atoms with Crippen molar-refractivity contribution in [2.75, 3.05) is 0 Å². The van der Waals surface area contributed by atoms with E-state index in [1.165, 1.54) is 25.7 Å². The SMILES string of the molecule is CC1N=NC(=S)N1C1CCCC1. The lowest BCUT2D eigenvalue weighted by atomic mass is 10.2. The van der Waals surface area contributed by atoms with Gasteiger partial charge in [-0.25, -0.2) is 0 Å². The molecule has 1 aliphatic carbocycles. The number of hydrogen-bond acceptors (Lipinski definition) is 2. The second kappa shape index (κ2) is 3.09. The van der Waals surface area contributed by atoms with E-state index < -0.39 is 0 Å². The minimum Gasteiger partial charge on any atom is -0.319 e. The number of azo groups is 1. The van der Waals surface area contributed by atoms with Gasteiger partial charge >= 0.3 is 0 Å². The van der Waals surface area contributed by atoms with E-state index in [9.17, 15) is 0 Å². The molecule has 1 heterocycles. The predicted octanol–water partition coefficient (Wildman–Crippen LogP) is 2.33. The van der Waals surface area contributed by atoms with Gasteiger partial charge in [0.05, 0.1) is 0 Å². The fourth-order valence-electron chi connectivity index (χ4n) is 2.04. The zero-order valence-electron chi connectivity index (χ0n) is 7.23. The molecule has 0 bridgehead atoms. The average Bonchev–Trinajstić information content (AvgIpc) is 2.61. The van der Waals surface area contributed by atoms with E-state index in [1.807, 2.05) is 0 Å². The minimum atomic E-state index is 0.181. The summed E-state index contributed by atoms with van der Waals surface area (Å²) in [5.74, 6) is 0. The quantitative estimate of drug-likeness (QED) is 0.584. The molecule has 3 nitrogen and oxygen atoms in total. The van der Waals surface area contributed by atoms with Gasteiger partial charge < -0.3 is 4.90 Å². The van der Waals surface area contributed by atoms with Crippen molar-refractivity contribution in [3.05, 3.63) is 0 Å². The van der Waals surface area contributed by atoms with Crippen molar-refractivity contribution in [2.24, 2.45) is 10.2 Å². The van der Waals surface area contributed by atoms with Crippen molar-refractivity contribution in [3.63, 3.8) is 0 Å². The Kier molecular flexibility index (Phi) is 2.09. The van der Waals surface area contributed by atoms with E-state index in [-0.39, 0.29) is 6.17 Å². The predicted molar refractivity (Wildman–Crippen MR) is 51.0 cm³/mol. The third-order valence-corrected chi connectivity index (χ3v) is 2.94. The third kappa shape index (κ3) is 1.24. The van der Waals surface area contributed by atoms with E-state index in [4.69, 9.17) is 12.2 Å². The van der Waals surface area contributed by atoms with Crippen LogP contribution in [0.5, 0.6) is 0 Å². The summed E-state index contributed by atoms with van der Waals surface area (Å²) < 4.78 is 0. The summed E-state index contributed by atoms with van der Waals surface area (Å²) in [6.07, 6.45) is 5.36. The fraction of sp³-hybridized carbons (Fsp3) is 0.875. The fourth-order valence-corrected chi connectivity index (χ4v) is 2.39. The van der Waals surface area contributed by atoms with Crippen molar-refractivity contribution >= 4 is 17.3 Å². The lowest BCUT2D eigenvalue weighted by molar-refractivity contribution is 0.274. The average molecular weight is 183 g/mol. The van der Waals surface area contributed by atoms with Gasteiger partial charge in [0.1, 0.15) is 6.17 Å². The molecule has 1 aliphatic heterocycles. The molecule has 4 heteroatoms. The Balaban J connectivity index is 2.07. The van der Waals surface area contributed by atoms with Gasteiger partial charge in [0.15, 0.2) is 0 Å². The van der Waals surface area contributed by atoms with E-state index in [2.05, 4.69) is 22.1 Å². The maximum Gasteiger partial charge on any atom is 0.218 e. The molecule has 0 spiro atoms. The second-order valence-corrected chi connectivity index (χ2v) is 3.84. The Morgan fingerprint density at radius 1 is 1.42 bits per heavy atom. The van der Waals surface area contributed by atoms with Crippen LogP contribution in [0.25, 0.3) is 0 Å². The molecule has 0 saturated heterocycles. The Hall–Kier alpha value is -0.510. The molecule has 0 aromatic heterocycles. The van der Waals surface area contributed by atoms with E-state index >= 15 is 0 Å². The monoisotopic (exact) mass is 183 g/mol. The number of nitrogens with zero attached hydrogens (tertiary/aromatic N) is 3. The molecule has 0 aromatic rings. The Labute approximate surface area is 77.8 Å². The minimum absolute atomic E-state index is 0.181. The Morgan fingerprint density at radius 3 is 2.58 bits per heavy atom. The summed E-state index contributed by atoms with van der Waals surface area (Å²) in [7, 11) is 0. The van der Waals surface area contributed by atoms with E-state index in [1.54, 1.807) is 0 Å². The summed E-state index contributed by atoms with van der Waals surface area (Å²) in [4.78, 5) is 2.18. The van der Waals surface area contributed by atoms with Crippen LogP contribution in [0.1, 0.15) is 32.6 Å². The van der Waals surface area contributed by atoms with Gasteiger partial charge in [-0.15, -0.1) is 5.11 Å². The topological polar surface area (TPSA) is 28.0 Å². The van der Waals surface area contributed by atoms with Gasteiger partial charge in [-0.1, -0.05) is 12.8 Å². The molecular weight excluding hydrogens is 170 g/mol. The summed E-state index contributed by atoms with van der Waals surface area (Å²) in [5.41, 5.74) is 0. The zero-order chi connectivity index (χ0) is 8.55. The van der Waals surface area contributed by atoms with Crippen molar-refractivity contribution in [1.82, 2.24) is 4.90 Å². The highest BCUT2D eigenvalue weighted by atomic mass is 32.1. The van der Waals surface area contributed by atoms with Crippen LogP contribution in [-0.4, -0.2) is 22.2 Å². The maximum absolute atomic E-state index is 5.12. The smallest absolute Gasteiger partial charge is 0.218 e. The van der Waals surface area contributed by atoms with Crippen LogP contribution in [0.4, 0.5) is 0 Å². The van der Waals surface area contributed by atoms with Crippen molar-refractivity contribution in [2.45, 2.75) is 44.8 Å². The molecule has 0 amide bonds. The molecule has 1 unspecified atom stereocenters. The molecule has 1 atom stereocenters. The molecule has 1 fully saturated rings. The highest BCUT2D eigenvalue weighted by Crippen LogP contribution is 2.28. The standard InChI is InChI=1S/C8H13N3S/c1-6-9-10-8(12)11(6)7-4-2-3-5-7/h6-7H,2-5H2,1H3. The molecule has 0 aromatic carbocycles. The maximum atomic E-state index is 5.12. The molecule has 66 valence electrons. The number of hydrogen-bond donors (Lipinski definition) is 0. The van der Waals surface area contributed by atoms with Crippen LogP contribution < -0.4 is 0 Å². The molecule has 0 radical (unpaired) electrons. The third-order valence-electron chi connectivity index (χ3n) is 2.65. The van der Waals surface area contributed by atoms with Gasteiger partial charge in [0.2, 0.25) is 5.11 Å². The lowest BCUT2D eigenvalue weighted by Crippen LogP contribution is -2.38. The summed E-state index contributed by atoms with van der Waals surface area (Å²) in [5, 5.41) is 8.67. The van der Waals surface area contributed by atoms with Crippen molar-refractivity contribution in [3.8, 4) is 0 Å². The van der Waals surface area contributed by atoms with Crippen LogP contribution in [-0.2, 0) is 0 Å². The number of thiocarbonyl (C=S) groups is 1. The summed E-state index contributed by atoms with van der Waals surface area (Å²) in [6, 6.07) is 0.613. The zero-order valence-corrected chi connectivity index (χ0v) is 8.05. The summed E-state index contributed by atoms with van der Waals surface area (Å²) >= 11 is 5.12. The van der Waals surface area contributed by atoms with E-state index in [0.717, 1.165) is 0 Å². The first-order valence-corrected chi connectivity index (χ1v) is 4.93. The molecule has 1 saturated carbocycles. The normalized spacial score (nSPS) is 30.6. The number of rotatable bonds is 1. The van der Waals surface area contributed by atoms with Crippen LogP contribution in [0.2, 0.25) is 0 Å². The van der Waals surface area contributed by atoms with Gasteiger partial charge in [-0.2, -0.15) is 5.11 Å². The van der Waals surface area contributed by atoms with Crippen LogP contribution in [0.3, 0.4) is 0 Å². The van der Waals surface area contributed by atoms with Gasteiger partial charge in [-0.3, -0.25) is 0 Å². The first-order chi connectivity index (χ1) is 5.79. The van der Waals surface area contributed by atoms with E-state index in [0.29, 0.717) is 11.2 Å². The van der Waals surface area contributed by atoms with Gasteiger partial charge in [0, 0.05) is 6.04 Å². The lowest BCUT2D eigenvalue weighted by Gasteiger charge is -2.26. The molecule has 2 rings (SSSR count). The van der Waals surface area contributed by atoms with Crippen LogP contribution in [0.15, 0.2) is 10.2 Å². The van der Waals surface area contributed by atoms with Crippen LogP contribution in [0, 0.1) is 0 Å². The highest BCUT2D eigenvalue weighted by molar-refractivity contribution is 7.80. The first kappa shape index (κ1) is 8.10. The Bertz CT molecular complexity index is 220. The molecule has 12 heavy (non-hydrogen) atoms. The second-order valence-electron chi connectivity index (χ2n) is 3.48. The Morgan fingerprint density at radius 2 is 2.08 bits per heavy atom. The van der Waals surface area contributed by atoms with Crippen molar-refractivity contribution in [1.29, 1.82) is 0 Å². The summed E-state index contributed by atoms with van der Waals surface area (Å²) in [6.45, 7) is 2.06. The van der Waals surface area contributed by atoms with Crippen molar-refractivity contribution < 1.29 is 0 Å². The van der Waals surface area contributed by atoms with Gasteiger partial charge in [0.25, 0.3) is 0 Å². The van der Waals surface area contributed by atoms with Gasteiger partial charge in [-0.05, 0) is 32.0 Å². The molecule has 0 N–H and O–H groups in total. The first-order valence-electron chi connectivity index (χ1n) is 4.52.